The molecular formula is C18H36IN5. The van der Waals surface area contributed by atoms with Crippen molar-refractivity contribution in [3.8, 4) is 0 Å². The maximum Gasteiger partial charge on any atom is 0.191 e. The van der Waals surface area contributed by atoms with Crippen molar-refractivity contribution in [1.29, 1.82) is 0 Å². The number of piperidine rings is 2. The maximum absolute atomic E-state index is 4.41. The smallest absolute Gasteiger partial charge is 0.191 e. The van der Waals surface area contributed by atoms with Gasteiger partial charge in [-0.25, -0.2) is 0 Å². The second kappa shape index (κ2) is 11.3. The molecule has 0 amide bonds. The lowest BCUT2D eigenvalue weighted by atomic mass is 9.98. The molecule has 5 nitrogen and oxygen atoms in total. The van der Waals surface area contributed by atoms with E-state index in [1.165, 1.54) is 44.3 Å². The van der Waals surface area contributed by atoms with Gasteiger partial charge in [-0.2, -0.15) is 0 Å². The molecule has 2 rings (SSSR count). The normalized spacial score (nSPS) is 24.3. The van der Waals surface area contributed by atoms with E-state index in [2.05, 4.69) is 46.0 Å². The van der Waals surface area contributed by atoms with Crippen molar-refractivity contribution in [2.45, 2.75) is 38.6 Å². The summed E-state index contributed by atoms with van der Waals surface area (Å²) in [7, 11) is 4.09. The molecule has 140 valence electrons. The summed E-state index contributed by atoms with van der Waals surface area (Å²) in [6.07, 6.45) is 5.00. The Morgan fingerprint density at radius 2 is 1.92 bits per heavy atom. The number of nitrogens with zero attached hydrogens (tertiary/aromatic N) is 3. The fourth-order valence-corrected chi connectivity index (χ4v) is 3.69. The molecular weight excluding hydrogens is 413 g/mol. The molecule has 0 aliphatic carbocycles. The number of hydrogen-bond donors (Lipinski definition) is 2. The molecule has 2 heterocycles. The zero-order valence-electron chi connectivity index (χ0n) is 15.7. The number of aliphatic imine (C=N–C) groups is 1. The van der Waals surface area contributed by atoms with Gasteiger partial charge in [-0.15, -0.1) is 24.0 Å². The number of nitrogens with one attached hydrogen (secondary N) is 2. The molecule has 2 aliphatic rings. The molecule has 1 unspecified atom stereocenters. The third kappa shape index (κ3) is 7.70. The van der Waals surface area contributed by atoms with Crippen LogP contribution in [0.4, 0.5) is 0 Å². The van der Waals surface area contributed by atoms with Gasteiger partial charge in [0.1, 0.15) is 0 Å². The van der Waals surface area contributed by atoms with Crippen LogP contribution in [0.15, 0.2) is 17.1 Å². The molecule has 0 aromatic carbocycles. The van der Waals surface area contributed by atoms with Crippen molar-refractivity contribution < 1.29 is 0 Å². The van der Waals surface area contributed by atoms with E-state index in [-0.39, 0.29) is 24.0 Å². The van der Waals surface area contributed by atoms with Gasteiger partial charge < -0.3 is 15.5 Å². The summed E-state index contributed by atoms with van der Waals surface area (Å²) in [4.78, 5) is 9.33. The Hall–Kier alpha value is -0.340. The summed E-state index contributed by atoms with van der Waals surface area (Å²) in [5.74, 6) is 1.71. The minimum absolute atomic E-state index is 0. The first-order chi connectivity index (χ1) is 11.1. The van der Waals surface area contributed by atoms with E-state index in [0.29, 0.717) is 6.04 Å². The van der Waals surface area contributed by atoms with E-state index in [9.17, 15) is 0 Å². The van der Waals surface area contributed by atoms with Crippen LogP contribution in [0.25, 0.3) is 0 Å². The average Bonchev–Trinajstić information content (AvgIpc) is 2.52. The van der Waals surface area contributed by atoms with Crippen molar-refractivity contribution in [2.24, 2.45) is 10.9 Å². The summed E-state index contributed by atoms with van der Waals surface area (Å²) in [5.41, 5.74) is 1.26. The lowest BCUT2D eigenvalue weighted by molar-refractivity contribution is 0.209. The lowest BCUT2D eigenvalue weighted by Crippen LogP contribution is -2.50. The van der Waals surface area contributed by atoms with Crippen molar-refractivity contribution in [1.82, 2.24) is 20.4 Å². The van der Waals surface area contributed by atoms with Crippen LogP contribution in [0.5, 0.6) is 0 Å². The highest BCUT2D eigenvalue weighted by Gasteiger charge is 2.21. The van der Waals surface area contributed by atoms with E-state index in [0.717, 1.165) is 38.1 Å². The summed E-state index contributed by atoms with van der Waals surface area (Å²) in [5, 5.41) is 7.14. The molecule has 0 aromatic heterocycles. The van der Waals surface area contributed by atoms with Crippen LogP contribution >= 0.6 is 24.0 Å². The standard InChI is InChI=1S/C18H35N5.HI/c1-15(2)13-23-10-7-17(8-11-23)21-18(19-3)20-12-16-6-5-9-22(4)14-16;/h16-17H,1,5-14H2,2-4H3,(H2,19,20,21);1H. The zero-order chi connectivity index (χ0) is 16.7. The molecule has 0 aromatic rings. The monoisotopic (exact) mass is 449 g/mol. The fraction of sp³-hybridized carbons (Fsp3) is 0.833. The highest BCUT2D eigenvalue weighted by molar-refractivity contribution is 14.0. The Labute approximate surface area is 165 Å². The number of likely N-dealkylation sites (tertiary alicyclic amines) is 2. The minimum atomic E-state index is 0. The van der Waals surface area contributed by atoms with Gasteiger partial charge in [0.2, 0.25) is 0 Å². The highest BCUT2D eigenvalue weighted by Crippen LogP contribution is 2.14. The predicted molar refractivity (Wildman–Crippen MR) is 114 cm³/mol. The molecule has 0 radical (unpaired) electrons. The zero-order valence-corrected chi connectivity index (χ0v) is 18.0. The molecule has 0 bridgehead atoms. The van der Waals surface area contributed by atoms with Crippen LogP contribution in [0.1, 0.15) is 32.6 Å². The second-order valence-electron chi connectivity index (χ2n) is 7.38. The van der Waals surface area contributed by atoms with Gasteiger partial charge in [0.15, 0.2) is 5.96 Å². The van der Waals surface area contributed by atoms with Gasteiger partial charge in [-0.05, 0) is 52.1 Å². The summed E-state index contributed by atoms with van der Waals surface area (Å²) < 4.78 is 0. The second-order valence-corrected chi connectivity index (χ2v) is 7.38. The van der Waals surface area contributed by atoms with Crippen LogP contribution in [0.2, 0.25) is 0 Å². The Morgan fingerprint density at radius 3 is 2.50 bits per heavy atom. The number of guanidine groups is 1. The Morgan fingerprint density at radius 1 is 1.21 bits per heavy atom. The quantitative estimate of drug-likeness (QED) is 0.292. The van der Waals surface area contributed by atoms with Crippen LogP contribution in [0, 0.1) is 5.92 Å². The molecule has 0 spiro atoms. The molecule has 2 N–H and O–H groups in total. The van der Waals surface area contributed by atoms with Gasteiger partial charge in [-0.1, -0.05) is 12.2 Å². The molecule has 1 atom stereocenters. The molecule has 24 heavy (non-hydrogen) atoms. The third-order valence-electron chi connectivity index (χ3n) is 4.93. The topological polar surface area (TPSA) is 42.9 Å². The van der Waals surface area contributed by atoms with E-state index in [1.54, 1.807) is 0 Å². The van der Waals surface area contributed by atoms with Crippen molar-refractivity contribution in [3.63, 3.8) is 0 Å². The molecule has 0 saturated carbocycles. The predicted octanol–water partition coefficient (Wildman–Crippen LogP) is 2.15. The van der Waals surface area contributed by atoms with Crippen LogP contribution in [-0.4, -0.2) is 75.2 Å². The molecule has 6 heteroatoms. The van der Waals surface area contributed by atoms with E-state index in [1.807, 2.05) is 7.05 Å². The number of halogens is 1. The Bertz CT molecular complexity index is 404. The first-order valence-corrected chi connectivity index (χ1v) is 9.09. The largest absolute Gasteiger partial charge is 0.356 e. The van der Waals surface area contributed by atoms with Gasteiger partial charge in [0.05, 0.1) is 0 Å². The maximum atomic E-state index is 4.41. The van der Waals surface area contributed by atoms with Crippen molar-refractivity contribution in [3.05, 3.63) is 12.2 Å². The lowest BCUT2D eigenvalue weighted by Gasteiger charge is -2.34. The van der Waals surface area contributed by atoms with Crippen LogP contribution in [-0.2, 0) is 0 Å². The SMILES string of the molecule is C=C(C)CN1CCC(NC(=NC)NCC2CCCN(C)C2)CC1.I. The fourth-order valence-electron chi connectivity index (χ4n) is 3.69. The average molecular weight is 449 g/mol. The molecule has 2 aliphatic heterocycles. The first-order valence-electron chi connectivity index (χ1n) is 9.09. The summed E-state index contributed by atoms with van der Waals surface area (Å²) in [6.45, 7) is 12.9. The number of rotatable bonds is 5. The first kappa shape index (κ1) is 21.7. The van der Waals surface area contributed by atoms with Crippen molar-refractivity contribution in [2.75, 3.05) is 53.4 Å². The van der Waals surface area contributed by atoms with E-state index in [4.69, 9.17) is 0 Å². The van der Waals surface area contributed by atoms with E-state index < -0.39 is 0 Å². The third-order valence-corrected chi connectivity index (χ3v) is 4.93. The Kier molecular flexibility index (Phi) is 10.2. The van der Waals surface area contributed by atoms with E-state index >= 15 is 0 Å². The van der Waals surface area contributed by atoms with Gasteiger partial charge in [0, 0.05) is 45.8 Å². The Balaban J connectivity index is 0.00000288. The summed E-state index contributed by atoms with van der Waals surface area (Å²) >= 11 is 0. The summed E-state index contributed by atoms with van der Waals surface area (Å²) in [6, 6.07) is 0.539. The van der Waals surface area contributed by atoms with Crippen molar-refractivity contribution >= 4 is 29.9 Å². The van der Waals surface area contributed by atoms with Crippen LogP contribution < -0.4 is 10.6 Å². The number of hydrogen-bond acceptors (Lipinski definition) is 3. The minimum Gasteiger partial charge on any atom is -0.356 e. The van der Waals surface area contributed by atoms with Crippen LogP contribution in [0.3, 0.4) is 0 Å². The van der Waals surface area contributed by atoms with Gasteiger partial charge in [-0.3, -0.25) is 9.89 Å². The highest BCUT2D eigenvalue weighted by atomic mass is 127. The van der Waals surface area contributed by atoms with Gasteiger partial charge >= 0.3 is 0 Å². The molecule has 2 saturated heterocycles. The molecule has 2 fully saturated rings. The van der Waals surface area contributed by atoms with Gasteiger partial charge in [0.25, 0.3) is 0 Å².